The first-order chi connectivity index (χ1) is 10.1. The number of anilines is 2. The Morgan fingerprint density at radius 1 is 1.10 bits per heavy atom. The number of nitrogens with zero attached hydrogens (tertiary/aromatic N) is 5. The van der Waals surface area contributed by atoms with Crippen molar-refractivity contribution in [2.45, 2.75) is 45.1 Å². The van der Waals surface area contributed by atoms with E-state index in [4.69, 9.17) is 5.73 Å². The van der Waals surface area contributed by atoms with Crippen molar-refractivity contribution in [3.8, 4) is 0 Å². The Morgan fingerprint density at radius 3 is 2.57 bits per heavy atom. The summed E-state index contributed by atoms with van der Waals surface area (Å²) in [7, 11) is 3.84. The van der Waals surface area contributed by atoms with E-state index in [1.165, 1.54) is 45.1 Å². The van der Waals surface area contributed by atoms with Crippen molar-refractivity contribution in [2.24, 2.45) is 5.41 Å². The third-order valence-electron chi connectivity index (χ3n) is 4.88. The largest absolute Gasteiger partial charge is 0.368 e. The molecule has 1 saturated carbocycles. The van der Waals surface area contributed by atoms with Crippen LogP contribution in [0.25, 0.3) is 0 Å². The third kappa shape index (κ3) is 3.26. The van der Waals surface area contributed by atoms with Gasteiger partial charge in [0.05, 0.1) is 6.54 Å². The van der Waals surface area contributed by atoms with Gasteiger partial charge in [-0.3, -0.25) is 4.90 Å². The quantitative estimate of drug-likeness (QED) is 0.913. The van der Waals surface area contributed by atoms with Gasteiger partial charge in [-0.15, -0.1) is 0 Å². The van der Waals surface area contributed by atoms with Crippen LogP contribution in [-0.4, -0.2) is 47.0 Å². The van der Waals surface area contributed by atoms with E-state index in [0.29, 0.717) is 17.3 Å². The molecule has 2 fully saturated rings. The van der Waals surface area contributed by atoms with Crippen molar-refractivity contribution in [3.63, 3.8) is 0 Å². The smallest absolute Gasteiger partial charge is 0.229 e. The average molecular weight is 290 g/mol. The fraction of sp³-hybridized carbons (Fsp3) is 0.800. The van der Waals surface area contributed by atoms with Gasteiger partial charge in [0.15, 0.2) is 0 Å². The summed E-state index contributed by atoms with van der Waals surface area (Å²) in [4.78, 5) is 17.3. The van der Waals surface area contributed by atoms with Gasteiger partial charge in [-0.05, 0) is 31.2 Å². The van der Waals surface area contributed by atoms with Crippen molar-refractivity contribution in [1.29, 1.82) is 0 Å². The van der Waals surface area contributed by atoms with Crippen LogP contribution in [0, 0.1) is 5.41 Å². The molecule has 1 aliphatic carbocycles. The summed E-state index contributed by atoms with van der Waals surface area (Å²) in [6.45, 7) is 3.13. The first kappa shape index (κ1) is 14.5. The van der Waals surface area contributed by atoms with Gasteiger partial charge >= 0.3 is 0 Å². The SMILES string of the molecule is CN(C)c1nc(N)nc(CN2CCC3(CCCCC3)C2)n1. The van der Waals surface area contributed by atoms with E-state index in [1.807, 2.05) is 19.0 Å². The number of likely N-dealkylation sites (tertiary alicyclic amines) is 1. The second-order valence-electron chi connectivity index (χ2n) is 6.83. The Balaban J connectivity index is 1.67. The lowest BCUT2D eigenvalue weighted by Crippen LogP contribution is -2.29. The first-order valence-electron chi connectivity index (χ1n) is 7.96. The maximum Gasteiger partial charge on any atom is 0.229 e. The first-order valence-corrected chi connectivity index (χ1v) is 7.96. The van der Waals surface area contributed by atoms with E-state index in [9.17, 15) is 0 Å². The predicted octanol–water partition coefficient (Wildman–Crippen LogP) is 1.68. The zero-order valence-corrected chi connectivity index (χ0v) is 13.2. The van der Waals surface area contributed by atoms with Gasteiger partial charge in [-0.2, -0.15) is 15.0 Å². The standard InChI is InChI=1S/C15H26N6/c1-20(2)14-18-12(17-13(16)19-14)10-21-9-8-15(11-21)6-4-3-5-7-15/h3-11H2,1-2H3,(H2,16,17,18,19). The molecule has 0 amide bonds. The van der Waals surface area contributed by atoms with E-state index in [-0.39, 0.29) is 0 Å². The minimum Gasteiger partial charge on any atom is -0.368 e. The van der Waals surface area contributed by atoms with Crippen LogP contribution in [0.4, 0.5) is 11.9 Å². The fourth-order valence-corrected chi connectivity index (χ4v) is 3.77. The minimum absolute atomic E-state index is 0.315. The van der Waals surface area contributed by atoms with Gasteiger partial charge in [0.1, 0.15) is 5.82 Å². The Morgan fingerprint density at radius 2 is 1.86 bits per heavy atom. The van der Waals surface area contributed by atoms with Gasteiger partial charge in [0.25, 0.3) is 0 Å². The molecule has 1 spiro atoms. The number of hydrogen-bond acceptors (Lipinski definition) is 6. The van der Waals surface area contributed by atoms with Gasteiger partial charge in [-0.1, -0.05) is 19.3 Å². The molecule has 2 N–H and O–H groups in total. The molecule has 0 aromatic carbocycles. The molecule has 1 aromatic heterocycles. The number of aromatic nitrogens is 3. The Bertz CT molecular complexity index is 495. The number of hydrogen-bond donors (Lipinski definition) is 1. The van der Waals surface area contributed by atoms with Crippen molar-refractivity contribution >= 4 is 11.9 Å². The predicted molar refractivity (Wildman–Crippen MR) is 84.0 cm³/mol. The molecule has 0 bridgehead atoms. The van der Waals surface area contributed by atoms with E-state index < -0.39 is 0 Å². The van der Waals surface area contributed by atoms with Gasteiger partial charge < -0.3 is 10.6 Å². The molecule has 3 rings (SSSR count). The van der Waals surface area contributed by atoms with Crippen LogP contribution in [0.1, 0.15) is 44.3 Å². The summed E-state index contributed by atoms with van der Waals surface area (Å²) in [6.07, 6.45) is 8.33. The summed E-state index contributed by atoms with van der Waals surface area (Å²) >= 11 is 0. The molecule has 1 aliphatic heterocycles. The van der Waals surface area contributed by atoms with E-state index in [2.05, 4.69) is 19.9 Å². The second-order valence-corrected chi connectivity index (χ2v) is 6.83. The second kappa shape index (κ2) is 5.75. The molecule has 0 unspecified atom stereocenters. The summed E-state index contributed by atoms with van der Waals surface area (Å²) in [5.41, 5.74) is 6.37. The summed E-state index contributed by atoms with van der Waals surface area (Å²) in [5, 5.41) is 0. The molecule has 2 heterocycles. The highest BCUT2D eigenvalue weighted by Gasteiger charge is 2.38. The lowest BCUT2D eigenvalue weighted by molar-refractivity contribution is 0.182. The molecule has 21 heavy (non-hydrogen) atoms. The topological polar surface area (TPSA) is 71.2 Å². The molecule has 6 nitrogen and oxygen atoms in total. The van der Waals surface area contributed by atoms with E-state index >= 15 is 0 Å². The zero-order valence-electron chi connectivity index (χ0n) is 13.2. The molecular weight excluding hydrogens is 264 g/mol. The molecule has 1 saturated heterocycles. The molecule has 0 atom stereocenters. The molecule has 1 aromatic rings. The Hall–Kier alpha value is -1.43. The van der Waals surface area contributed by atoms with Crippen molar-refractivity contribution in [2.75, 3.05) is 37.8 Å². The van der Waals surface area contributed by atoms with Crippen LogP contribution in [-0.2, 0) is 6.54 Å². The highest BCUT2D eigenvalue weighted by molar-refractivity contribution is 5.32. The lowest BCUT2D eigenvalue weighted by Gasteiger charge is -2.33. The monoisotopic (exact) mass is 290 g/mol. The average Bonchev–Trinajstić information content (AvgIpc) is 2.81. The van der Waals surface area contributed by atoms with Crippen LogP contribution in [0.3, 0.4) is 0 Å². The molecule has 2 aliphatic rings. The number of nitrogen functional groups attached to an aromatic ring is 1. The van der Waals surface area contributed by atoms with Crippen molar-refractivity contribution < 1.29 is 0 Å². The molecule has 116 valence electrons. The summed E-state index contributed by atoms with van der Waals surface area (Å²) < 4.78 is 0. The Labute approximate surface area is 126 Å². The number of rotatable bonds is 3. The van der Waals surface area contributed by atoms with Crippen LogP contribution in [0.5, 0.6) is 0 Å². The maximum atomic E-state index is 5.80. The van der Waals surface area contributed by atoms with Crippen molar-refractivity contribution in [1.82, 2.24) is 19.9 Å². The van der Waals surface area contributed by atoms with E-state index in [1.54, 1.807) is 0 Å². The van der Waals surface area contributed by atoms with Crippen molar-refractivity contribution in [3.05, 3.63) is 5.82 Å². The van der Waals surface area contributed by atoms with Gasteiger partial charge in [0, 0.05) is 20.6 Å². The highest BCUT2D eigenvalue weighted by Crippen LogP contribution is 2.43. The van der Waals surface area contributed by atoms with Crippen LogP contribution in [0.15, 0.2) is 0 Å². The molecular formula is C15H26N6. The van der Waals surface area contributed by atoms with Gasteiger partial charge in [0.2, 0.25) is 11.9 Å². The van der Waals surface area contributed by atoms with E-state index in [0.717, 1.165) is 18.9 Å². The van der Waals surface area contributed by atoms with Crippen LogP contribution in [0.2, 0.25) is 0 Å². The van der Waals surface area contributed by atoms with Crippen LogP contribution < -0.4 is 10.6 Å². The normalized spacial score (nSPS) is 21.8. The third-order valence-corrected chi connectivity index (χ3v) is 4.88. The number of nitrogens with two attached hydrogens (primary N) is 1. The van der Waals surface area contributed by atoms with Gasteiger partial charge in [-0.25, -0.2) is 0 Å². The van der Waals surface area contributed by atoms with Crippen LogP contribution >= 0.6 is 0 Å². The summed E-state index contributed by atoms with van der Waals surface area (Å²) in [5.74, 6) is 1.75. The minimum atomic E-state index is 0.315. The fourth-order valence-electron chi connectivity index (χ4n) is 3.77. The summed E-state index contributed by atoms with van der Waals surface area (Å²) in [6, 6.07) is 0. The highest BCUT2D eigenvalue weighted by atomic mass is 15.3. The zero-order chi connectivity index (χ0) is 14.9. The molecule has 6 heteroatoms. The lowest BCUT2D eigenvalue weighted by atomic mass is 9.73. The Kier molecular flexibility index (Phi) is 3.97. The molecule has 0 radical (unpaired) electrons. The maximum absolute atomic E-state index is 5.80.